The van der Waals surface area contributed by atoms with Crippen LogP contribution in [0.25, 0.3) is 5.69 Å². The molecule has 0 atom stereocenters. The van der Waals surface area contributed by atoms with Gasteiger partial charge in [0.1, 0.15) is 0 Å². The molecule has 1 aromatic heterocycles. The van der Waals surface area contributed by atoms with Crippen molar-refractivity contribution in [2.45, 2.75) is 25.7 Å². The smallest absolute Gasteiger partial charge is 0.259 e. The number of amides is 1. The first-order chi connectivity index (χ1) is 16.5. The highest BCUT2D eigenvalue weighted by atomic mass is 35.5. The van der Waals surface area contributed by atoms with E-state index in [1.54, 1.807) is 18.3 Å². The number of aryl methyl sites for hydroxylation is 1. The minimum Gasteiger partial charge on any atom is -0.493 e. The number of nitrogens with zero attached hydrogens (tertiary/aromatic N) is 2. The molecule has 4 rings (SSSR count). The van der Waals surface area contributed by atoms with Gasteiger partial charge in [-0.1, -0.05) is 17.7 Å². The molecular formula is C25H29ClN4O4. The Morgan fingerprint density at radius 3 is 2.35 bits per heavy atom. The van der Waals surface area contributed by atoms with E-state index >= 15 is 0 Å². The Balaban J connectivity index is 1.73. The lowest BCUT2D eigenvalue weighted by Crippen LogP contribution is -2.29. The zero-order chi connectivity index (χ0) is 24.2. The highest BCUT2D eigenvalue weighted by Crippen LogP contribution is 2.40. The molecule has 1 saturated heterocycles. The summed E-state index contributed by atoms with van der Waals surface area (Å²) in [6.45, 7) is 3.73. The summed E-state index contributed by atoms with van der Waals surface area (Å²) in [5, 5.41) is 11.6. The predicted molar refractivity (Wildman–Crippen MR) is 132 cm³/mol. The van der Waals surface area contributed by atoms with Crippen molar-refractivity contribution in [2.24, 2.45) is 0 Å². The molecule has 2 heterocycles. The van der Waals surface area contributed by atoms with Gasteiger partial charge in [0.05, 0.1) is 44.5 Å². The van der Waals surface area contributed by atoms with E-state index < -0.39 is 0 Å². The maximum atomic E-state index is 13.5. The molecule has 0 radical (unpaired) electrons. The van der Waals surface area contributed by atoms with Crippen molar-refractivity contribution in [3.05, 3.63) is 58.4 Å². The topological polar surface area (TPSA) is 86.6 Å². The van der Waals surface area contributed by atoms with Crippen LogP contribution in [0.15, 0.2) is 36.5 Å². The molecule has 2 N–H and O–H groups in total. The average Bonchev–Trinajstić information content (AvgIpc) is 3.31. The molecular weight excluding hydrogens is 456 g/mol. The van der Waals surface area contributed by atoms with Gasteiger partial charge < -0.3 is 24.8 Å². The molecule has 180 valence electrons. The van der Waals surface area contributed by atoms with E-state index in [0.717, 1.165) is 42.9 Å². The average molecular weight is 485 g/mol. The highest BCUT2D eigenvalue weighted by molar-refractivity contribution is 6.31. The van der Waals surface area contributed by atoms with Crippen LogP contribution in [-0.4, -0.2) is 50.1 Å². The number of carbonyl (C=O) groups excluding carboxylic acids is 1. The van der Waals surface area contributed by atoms with Crippen LogP contribution in [0, 0.1) is 6.92 Å². The molecule has 0 bridgehead atoms. The van der Waals surface area contributed by atoms with Gasteiger partial charge in [0.2, 0.25) is 5.75 Å². The lowest BCUT2D eigenvalue weighted by atomic mass is 9.91. The molecule has 34 heavy (non-hydrogen) atoms. The van der Waals surface area contributed by atoms with Crippen LogP contribution >= 0.6 is 11.6 Å². The van der Waals surface area contributed by atoms with Crippen molar-refractivity contribution in [2.75, 3.05) is 39.7 Å². The van der Waals surface area contributed by atoms with Crippen LogP contribution in [0.2, 0.25) is 5.02 Å². The third-order valence-corrected chi connectivity index (χ3v) is 6.51. The van der Waals surface area contributed by atoms with E-state index in [2.05, 4.69) is 15.7 Å². The number of piperidine rings is 1. The first-order valence-electron chi connectivity index (χ1n) is 11.1. The van der Waals surface area contributed by atoms with E-state index in [0.29, 0.717) is 33.5 Å². The minimum atomic E-state index is -0.257. The molecule has 9 heteroatoms. The quantitative estimate of drug-likeness (QED) is 0.510. The largest absolute Gasteiger partial charge is 0.493 e. The van der Waals surface area contributed by atoms with Crippen molar-refractivity contribution in [1.82, 2.24) is 15.1 Å². The van der Waals surface area contributed by atoms with Gasteiger partial charge in [-0.05, 0) is 50.6 Å². The number of hydrogen-bond acceptors (Lipinski definition) is 6. The summed E-state index contributed by atoms with van der Waals surface area (Å²) in [5.41, 5.74) is 3.75. The fourth-order valence-corrected chi connectivity index (χ4v) is 4.47. The molecule has 1 aliphatic heterocycles. The number of hydrogen-bond donors (Lipinski definition) is 2. The van der Waals surface area contributed by atoms with Crippen LogP contribution < -0.4 is 24.8 Å². The number of anilines is 1. The number of rotatable bonds is 7. The van der Waals surface area contributed by atoms with Crippen LogP contribution in [0.5, 0.6) is 17.2 Å². The number of carbonyl (C=O) groups is 1. The van der Waals surface area contributed by atoms with Gasteiger partial charge in [-0.2, -0.15) is 5.10 Å². The van der Waals surface area contributed by atoms with Crippen molar-refractivity contribution >= 4 is 23.2 Å². The number of methoxy groups -OCH3 is 3. The van der Waals surface area contributed by atoms with Gasteiger partial charge in [-0.15, -0.1) is 0 Å². The zero-order valence-corrected chi connectivity index (χ0v) is 20.5. The highest BCUT2D eigenvalue weighted by Gasteiger charge is 2.27. The fraction of sp³-hybridized carbons (Fsp3) is 0.360. The van der Waals surface area contributed by atoms with Crippen LogP contribution in [0.1, 0.15) is 40.4 Å². The Morgan fingerprint density at radius 2 is 1.76 bits per heavy atom. The van der Waals surface area contributed by atoms with E-state index in [1.807, 2.05) is 29.8 Å². The maximum Gasteiger partial charge on any atom is 0.259 e. The van der Waals surface area contributed by atoms with Gasteiger partial charge in [0.25, 0.3) is 5.91 Å². The monoisotopic (exact) mass is 484 g/mol. The number of aromatic nitrogens is 2. The number of benzene rings is 2. The van der Waals surface area contributed by atoms with Gasteiger partial charge in [-0.25, -0.2) is 4.68 Å². The zero-order valence-electron chi connectivity index (χ0n) is 19.8. The normalized spacial score (nSPS) is 14.0. The second-order valence-electron chi connectivity index (χ2n) is 8.18. The SMILES string of the molecule is COc1cc(NC(=O)c2cnn(-c3ccc(C)c(Cl)c3)c2C2CCNCC2)cc(OC)c1OC. The Hall–Kier alpha value is -3.23. The summed E-state index contributed by atoms with van der Waals surface area (Å²) in [4.78, 5) is 13.5. The summed E-state index contributed by atoms with van der Waals surface area (Å²) >= 11 is 6.40. The second kappa shape index (κ2) is 10.4. The molecule has 1 fully saturated rings. The maximum absolute atomic E-state index is 13.5. The Morgan fingerprint density at radius 1 is 1.09 bits per heavy atom. The fourth-order valence-electron chi connectivity index (χ4n) is 4.29. The molecule has 0 saturated carbocycles. The van der Waals surface area contributed by atoms with E-state index in [4.69, 9.17) is 25.8 Å². The molecule has 2 aromatic carbocycles. The van der Waals surface area contributed by atoms with Crippen molar-refractivity contribution < 1.29 is 19.0 Å². The molecule has 8 nitrogen and oxygen atoms in total. The summed E-state index contributed by atoms with van der Waals surface area (Å²) < 4.78 is 18.0. The third-order valence-electron chi connectivity index (χ3n) is 6.10. The third kappa shape index (κ3) is 4.69. The van der Waals surface area contributed by atoms with Gasteiger partial charge in [-0.3, -0.25) is 4.79 Å². The first-order valence-corrected chi connectivity index (χ1v) is 11.5. The molecule has 0 unspecified atom stereocenters. The predicted octanol–water partition coefficient (Wildman–Crippen LogP) is 4.58. The van der Waals surface area contributed by atoms with Crippen molar-refractivity contribution in [3.63, 3.8) is 0 Å². The van der Waals surface area contributed by atoms with E-state index in [1.165, 1.54) is 21.3 Å². The van der Waals surface area contributed by atoms with E-state index in [-0.39, 0.29) is 11.8 Å². The molecule has 0 aliphatic carbocycles. The lowest BCUT2D eigenvalue weighted by Gasteiger charge is -2.25. The van der Waals surface area contributed by atoms with Gasteiger partial charge in [0.15, 0.2) is 11.5 Å². The second-order valence-corrected chi connectivity index (χ2v) is 8.59. The summed E-state index contributed by atoms with van der Waals surface area (Å²) in [6.07, 6.45) is 3.45. The molecule has 1 aliphatic rings. The first kappa shape index (κ1) is 23.9. The summed E-state index contributed by atoms with van der Waals surface area (Å²) in [5.74, 6) is 1.31. The standard InChI is InChI=1S/C25H29ClN4O4/c1-15-5-6-18(13-20(15)26)30-23(16-7-9-27-10-8-16)19(14-28-30)25(31)29-17-11-21(32-2)24(34-4)22(12-17)33-3/h5-6,11-14,16,27H,7-10H2,1-4H3,(H,29,31). The molecule has 1 amide bonds. The van der Waals surface area contributed by atoms with Crippen LogP contribution in [0.3, 0.4) is 0 Å². The Kier molecular flexibility index (Phi) is 7.29. The number of ether oxygens (including phenoxy) is 3. The number of nitrogens with one attached hydrogen (secondary N) is 2. The van der Waals surface area contributed by atoms with Crippen molar-refractivity contribution in [1.29, 1.82) is 0 Å². The Labute approximate surface area is 204 Å². The van der Waals surface area contributed by atoms with Crippen LogP contribution in [-0.2, 0) is 0 Å². The van der Waals surface area contributed by atoms with Gasteiger partial charge >= 0.3 is 0 Å². The lowest BCUT2D eigenvalue weighted by molar-refractivity contribution is 0.102. The Bertz CT molecular complexity index is 1160. The van der Waals surface area contributed by atoms with Crippen LogP contribution in [0.4, 0.5) is 5.69 Å². The molecule has 0 spiro atoms. The molecule has 3 aromatic rings. The van der Waals surface area contributed by atoms with Gasteiger partial charge in [0, 0.05) is 28.8 Å². The van der Waals surface area contributed by atoms with Crippen molar-refractivity contribution in [3.8, 4) is 22.9 Å². The summed E-state index contributed by atoms with van der Waals surface area (Å²) in [6, 6.07) is 9.22. The van der Waals surface area contributed by atoms with E-state index in [9.17, 15) is 4.79 Å². The number of halogens is 1. The minimum absolute atomic E-state index is 0.185. The summed E-state index contributed by atoms with van der Waals surface area (Å²) in [7, 11) is 4.61.